The van der Waals surface area contributed by atoms with Gasteiger partial charge in [0.15, 0.2) is 0 Å². The number of carbonyl (C=O) groups excluding carboxylic acids is 1. The molecule has 0 aliphatic carbocycles. The summed E-state index contributed by atoms with van der Waals surface area (Å²) in [5.41, 5.74) is 0.710. The van der Waals surface area contributed by atoms with E-state index in [1.54, 1.807) is 0 Å². The Morgan fingerprint density at radius 3 is 3.17 bits per heavy atom. The number of anilines is 1. The van der Waals surface area contributed by atoms with Crippen molar-refractivity contribution in [3.05, 3.63) is 35.9 Å². The molecule has 2 aromatic rings. The lowest BCUT2D eigenvalue weighted by atomic mass is 10.1. The van der Waals surface area contributed by atoms with Gasteiger partial charge in [-0.05, 0) is 32.4 Å². The van der Waals surface area contributed by atoms with Gasteiger partial charge in [0.1, 0.15) is 17.4 Å². The molecule has 0 saturated heterocycles. The molecule has 23 heavy (non-hydrogen) atoms. The predicted molar refractivity (Wildman–Crippen MR) is 86.6 cm³/mol. The van der Waals surface area contributed by atoms with E-state index in [1.165, 1.54) is 0 Å². The number of aromatic nitrogens is 3. The van der Waals surface area contributed by atoms with Crippen molar-refractivity contribution in [1.29, 1.82) is 0 Å². The monoisotopic (exact) mass is 315 g/mol. The molecule has 0 saturated carbocycles. The Bertz CT molecular complexity index is 698. The Hall–Kier alpha value is -2.57. The summed E-state index contributed by atoms with van der Waals surface area (Å²) in [7, 11) is 0. The number of hydrogen-bond acceptors (Lipinski definition) is 4. The number of rotatable bonds is 4. The van der Waals surface area contributed by atoms with Crippen molar-refractivity contribution in [2.24, 2.45) is 0 Å². The third kappa shape index (κ3) is 3.80. The van der Waals surface area contributed by atoms with Crippen LogP contribution in [0.4, 0.5) is 10.5 Å². The van der Waals surface area contributed by atoms with E-state index >= 15 is 0 Å². The second-order valence-electron chi connectivity index (χ2n) is 5.55. The molecule has 3 rings (SSSR count). The number of urea groups is 1. The molecule has 0 radical (unpaired) electrons. The number of hydrogen-bond donors (Lipinski definition) is 2. The summed E-state index contributed by atoms with van der Waals surface area (Å²) in [4.78, 5) is 16.5. The summed E-state index contributed by atoms with van der Waals surface area (Å²) >= 11 is 0. The Labute approximate surface area is 135 Å². The van der Waals surface area contributed by atoms with E-state index in [4.69, 9.17) is 4.74 Å². The van der Waals surface area contributed by atoms with Crippen molar-refractivity contribution in [2.75, 3.05) is 11.9 Å². The van der Waals surface area contributed by atoms with Gasteiger partial charge in [0.25, 0.3) is 0 Å². The standard InChI is InChI=1S/C16H21N5O2/c1-3-23-14-6-4-5-12(9-14)18-16(22)19-13-7-8-15-17-11(2)20-21(15)10-13/h4-6,9,13H,3,7-8,10H2,1-2H3,(H2,18,19,22). The fraction of sp³-hybridized carbons (Fsp3) is 0.438. The molecule has 0 spiro atoms. The van der Waals surface area contributed by atoms with Crippen LogP contribution in [-0.2, 0) is 13.0 Å². The summed E-state index contributed by atoms with van der Waals surface area (Å²) < 4.78 is 7.30. The first kappa shape index (κ1) is 15.3. The zero-order valence-corrected chi connectivity index (χ0v) is 13.4. The van der Waals surface area contributed by atoms with Gasteiger partial charge >= 0.3 is 6.03 Å². The Morgan fingerprint density at radius 1 is 1.48 bits per heavy atom. The highest BCUT2D eigenvalue weighted by Gasteiger charge is 2.22. The zero-order valence-electron chi connectivity index (χ0n) is 13.4. The van der Waals surface area contributed by atoms with Gasteiger partial charge in [-0.15, -0.1) is 0 Å². The van der Waals surface area contributed by atoms with Crippen molar-refractivity contribution in [1.82, 2.24) is 20.1 Å². The van der Waals surface area contributed by atoms with Crippen LogP contribution in [0.3, 0.4) is 0 Å². The van der Waals surface area contributed by atoms with Crippen LogP contribution in [0, 0.1) is 6.92 Å². The smallest absolute Gasteiger partial charge is 0.319 e. The molecular formula is C16H21N5O2. The van der Waals surface area contributed by atoms with Crippen molar-refractivity contribution in [3.8, 4) is 5.75 Å². The lowest BCUT2D eigenvalue weighted by Gasteiger charge is -2.23. The molecular weight excluding hydrogens is 294 g/mol. The normalized spacial score (nSPS) is 16.5. The molecule has 1 aromatic heterocycles. The zero-order chi connectivity index (χ0) is 16.2. The molecule has 1 aromatic carbocycles. The first-order valence-corrected chi connectivity index (χ1v) is 7.84. The summed E-state index contributed by atoms with van der Waals surface area (Å²) in [6.45, 7) is 5.06. The highest BCUT2D eigenvalue weighted by atomic mass is 16.5. The lowest BCUT2D eigenvalue weighted by molar-refractivity contribution is 0.243. The van der Waals surface area contributed by atoms with Crippen molar-refractivity contribution in [3.63, 3.8) is 0 Å². The van der Waals surface area contributed by atoms with Gasteiger partial charge in [-0.25, -0.2) is 14.5 Å². The van der Waals surface area contributed by atoms with E-state index < -0.39 is 0 Å². The minimum Gasteiger partial charge on any atom is -0.494 e. The number of carbonyl (C=O) groups is 1. The third-order valence-corrected chi connectivity index (χ3v) is 3.70. The van der Waals surface area contributed by atoms with Gasteiger partial charge in [0.2, 0.25) is 0 Å². The van der Waals surface area contributed by atoms with Crippen LogP contribution in [0.5, 0.6) is 5.75 Å². The average Bonchev–Trinajstić information content (AvgIpc) is 2.87. The highest BCUT2D eigenvalue weighted by molar-refractivity contribution is 5.89. The fourth-order valence-electron chi connectivity index (χ4n) is 2.73. The SMILES string of the molecule is CCOc1cccc(NC(=O)NC2CCc3nc(C)nn3C2)c1. The van der Waals surface area contributed by atoms with Gasteiger partial charge < -0.3 is 15.4 Å². The molecule has 1 aliphatic heterocycles. The summed E-state index contributed by atoms with van der Waals surface area (Å²) in [5.74, 6) is 2.51. The van der Waals surface area contributed by atoms with E-state index in [0.29, 0.717) is 18.8 Å². The van der Waals surface area contributed by atoms with Crippen LogP contribution < -0.4 is 15.4 Å². The van der Waals surface area contributed by atoms with Crippen LogP contribution in [0.2, 0.25) is 0 Å². The van der Waals surface area contributed by atoms with E-state index in [-0.39, 0.29) is 12.1 Å². The summed E-state index contributed by atoms with van der Waals surface area (Å²) in [5, 5.41) is 10.2. The molecule has 2 N–H and O–H groups in total. The molecule has 1 unspecified atom stereocenters. The quantitative estimate of drug-likeness (QED) is 0.905. The Kier molecular flexibility index (Phi) is 4.45. The minimum atomic E-state index is -0.219. The topological polar surface area (TPSA) is 81.1 Å². The van der Waals surface area contributed by atoms with E-state index in [2.05, 4.69) is 20.7 Å². The number of ether oxygens (including phenoxy) is 1. The molecule has 0 bridgehead atoms. The molecule has 0 fully saturated rings. The fourth-order valence-corrected chi connectivity index (χ4v) is 2.73. The number of aryl methyl sites for hydroxylation is 2. The summed E-state index contributed by atoms with van der Waals surface area (Å²) in [6, 6.07) is 7.20. The lowest BCUT2D eigenvalue weighted by Crippen LogP contribution is -2.43. The second-order valence-corrected chi connectivity index (χ2v) is 5.55. The number of nitrogens with zero attached hydrogens (tertiary/aromatic N) is 3. The van der Waals surface area contributed by atoms with Gasteiger partial charge in [-0.2, -0.15) is 5.10 Å². The molecule has 2 amide bonds. The number of amides is 2. The molecule has 1 atom stereocenters. The molecule has 7 heteroatoms. The van der Waals surface area contributed by atoms with Gasteiger partial charge in [0, 0.05) is 18.2 Å². The number of fused-ring (bicyclic) bond motifs is 1. The molecule has 122 valence electrons. The second kappa shape index (κ2) is 6.68. The largest absolute Gasteiger partial charge is 0.494 e. The van der Waals surface area contributed by atoms with E-state index in [1.807, 2.05) is 42.8 Å². The van der Waals surface area contributed by atoms with Crippen molar-refractivity contribution in [2.45, 2.75) is 39.3 Å². The van der Waals surface area contributed by atoms with Gasteiger partial charge in [-0.3, -0.25) is 0 Å². The van der Waals surface area contributed by atoms with Gasteiger partial charge in [0.05, 0.1) is 19.2 Å². The maximum absolute atomic E-state index is 12.2. The van der Waals surface area contributed by atoms with Crippen LogP contribution in [0.15, 0.2) is 24.3 Å². The predicted octanol–water partition coefficient (Wildman–Crippen LogP) is 2.12. The Balaban J connectivity index is 1.56. The molecule has 1 aliphatic rings. The van der Waals surface area contributed by atoms with Crippen LogP contribution in [0.1, 0.15) is 25.0 Å². The summed E-state index contributed by atoms with van der Waals surface area (Å²) in [6.07, 6.45) is 1.69. The van der Waals surface area contributed by atoms with Crippen LogP contribution >= 0.6 is 0 Å². The maximum atomic E-state index is 12.2. The third-order valence-electron chi connectivity index (χ3n) is 3.70. The van der Waals surface area contributed by atoms with Crippen molar-refractivity contribution < 1.29 is 9.53 Å². The Morgan fingerprint density at radius 2 is 2.35 bits per heavy atom. The first-order chi connectivity index (χ1) is 11.1. The maximum Gasteiger partial charge on any atom is 0.319 e. The van der Waals surface area contributed by atoms with Crippen LogP contribution in [0.25, 0.3) is 0 Å². The highest BCUT2D eigenvalue weighted by Crippen LogP contribution is 2.17. The molecule has 7 nitrogen and oxygen atoms in total. The van der Waals surface area contributed by atoms with Crippen LogP contribution in [-0.4, -0.2) is 33.4 Å². The van der Waals surface area contributed by atoms with E-state index in [9.17, 15) is 4.79 Å². The van der Waals surface area contributed by atoms with E-state index in [0.717, 1.165) is 30.2 Å². The average molecular weight is 315 g/mol. The molecule has 2 heterocycles. The van der Waals surface area contributed by atoms with Crippen molar-refractivity contribution >= 4 is 11.7 Å². The van der Waals surface area contributed by atoms with Gasteiger partial charge in [-0.1, -0.05) is 6.07 Å². The minimum absolute atomic E-state index is 0.0543. The number of nitrogens with one attached hydrogen (secondary N) is 2. The first-order valence-electron chi connectivity index (χ1n) is 7.84. The number of benzene rings is 1.